The largest absolute Gasteiger partial charge is 0.492 e. The van der Waals surface area contributed by atoms with Crippen LogP contribution in [0.15, 0.2) is 53.1 Å². The zero-order valence-electron chi connectivity index (χ0n) is 18.3. The molecule has 174 valence electrons. The van der Waals surface area contributed by atoms with Crippen LogP contribution >= 0.6 is 27.5 Å². The van der Waals surface area contributed by atoms with E-state index in [1.165, 1.54) is 12.8 Å². The van der Waals surface area contributed by atoms with Crippen molar-refractivity contribution in [2.24, 2.45) is 7.05 Å². The van der Waals surface area contributed by atoms with E-state index in [9.17, 15) is 9.90 Å². The van der Waals surface area contributed by atoms with Crippen LogP contribution in [0.1, 0.15) is 24.5 Å². The van der Waals surface area contributed by atoms with Gasteiger partial charge in [0.05, 0.1) is 16.4 Å². The molecule has 4 rings (SSSR count). The van der Waals surface area contributed by atoms with E-state index >= 15 is 0 Å². The van der Waals surface area contributed by atoms with Gasteiger partial charge < -0.3 is 15.2 Å². The molecule has 3 aromatic rings. The van der Waals surface area contributed by atoms with Crippen molar-refractivity contribution in [1.29, 1.82) is 0 Å². The molecular weight excluding hydrogens is 508 g/mol. The van der Waals surface area contributed by atoms with E-state index in [-0.39, 0.29) is 0 Å². The predicted octanol–water partition coefficient (Wildman–Crippen LogP) is 4.65. The Bertz CT molecular complexity index is 1090. The molecule has 7 nitrogen and oxygen atoms in total. The quantitative estimate of drug-likeness (QED) is 0.441. The number of rotatable bonds is 8. The minimum absolute atomic E-state index is 0.466. The number of likely N-dealkylation sites (tertiary alicyclic amines) is 1. The van der Waals surface area contributed by atoms with E-state index in [1.807, 2.05) is 19.2 Å². The molecule has 1 saturated heterocycles. The highest BCUT2D eigenvalue weighted by molar-refractivity contribution is 9.10. The van der Waals surface area contributed by atoms with Crippen LogP contribution < -0.4 is 10.1 Å². The number of aliphatic hydroxyl groups excluding tert-OH is 1. The lowest BCUT2D eigenvalue weighted by Crippen LogP contribution is -2.25. The number of aryl methyl sites for hydroxylation is 1. The number of nitrogens with one attached hydrogen (secondary N) is 1. The average molecular weight is 534 g/mol. The summed E-state index contributed by atoms with van der Waals surface area (Å²) < 4.78 is 8.71. The summed E-state index contributed by atoms with van der Waals surface area (Å²) in [5.74, 6) is 0.171. The normalized spacial score (nSPS) is 14.9. The summed E-state index contributed by atoms with van der Waals surface area (Å²) in [6.45, 7) is 3.68. The minimum Gasteiger partial charge on any atom is -0.492 e. The van der Waals surface area contributed by atoms with Crippen LogP contribution in [0.25, 0.3) is 11.3 Å². The second kappa shape index (κ2) is 10.7. The highest BCUT2D eigenvalue weighted by Gasteiger charge is 2.20. The lowest BCUT2D eigenvalue weighted by molar-refractivity contribution is -0.124. The van der Waals surface area contributed by atoms with Crippen molar-refractivity contribution in [2.75, 3.05) is 31.6 Å². The van der Waals surface area contributed by atoms with Gasteiger partial charge in [0.25, 0.3) is 5.91 Å². The maximum atomic E-state index is 12.7. The number of aliphatic hydroxyl groups is 1. The van der Waals surface area contributed by atoms with Crippen LogP contribution in [0.5, 0.6) is 5.75 Å². The number of halogens is 2. The van der Waals surface area contributed by atoms with Gasteiger partial charge >= 0.3 is 0 Å². The summed E-state index contributed by atoms with van der Waals surface area (Å²) in [7, 11) is 1.85. The maximum absolute atomic E-state index is 12.7. The summed E-state index contributed by atoms with van der Waals surface area (Å²) in [6, 6.07) is 12.0. The molecule has 1 aliphatic rings. The Hall–Kier alpha value is -2.39. The first-order chi connectivity index (χ1) is 15.9. The van der Waals surface area contributed by atoms with E-state index in [0.29, 0.717) is 28.6 Å². The molecule has 1 aliphatic heterocycles. The summed E-state index contributed by atoms with van der Waals surface area (Å²) in [4.78, 5) is 15.1. The zero-order chi connectivity index (χ0) is 23.4. The minimum atomic E-state index is -1.31. The third kappa shape index (κ3) is 5.76. The van der Waals surface area contributed by atoms with E-state index < -0.39 is 12.0 Å². The number of aromatic nitrogens is 2. The van der Waals surface area contributed by atoms with Gasteiger partial charge in [-0.25, -0.2) is 0 Å². The van der Waals surface area contributed by atoms with Gasteiger partial charge in [-0.15, -0.1) is 0 Å². The SMILES string of the molecule is Cn1ncc(Br)c1-c1cc(NC(=O)C(O)c2ccc(Cl)cc2)ccc1OCCN1CCCC1. The molecule has 1 fully saturated rings. The molecule has 1 unspecified atom stereocenters. The Balaban J connectivity index is 1.54. The summed E-state index contributed by atoms with van der Waals surface area (Å²) in [5, 5.41) is 18.1. The first-order valence-electron chi connectivity index (χ1n) is 10.8. The molecule has 1 amide bonds. The molecule has 2 aromatic carbocycles. The highest BCUT2D eigenvalue weighted by atomic mass is 79.9. The number of amides is 1. The molecule has 9 heteroatoms. The van der Waals surface area contributed by atoms with Gasteiger partial charge in [0, 0.05) is 29.9 Å². The summed E-state index contributed by atoms with van der Waals surface area (Å²) >= 11 is 9.46. The number of ether oxygens (including phenoxy) is 1. The van der Waals surface area contributed by atoms with Gasteiger partial charge in [0.2, 0.25) is 0 Å². The smallest absolute Gasteiger partial charge is 0.257 e. The number of hydrogen-bond acceptors (Lipinski definition) is 5. The zero-order valence-corrected chi connectivity index (χ0v) is 20.6. The number of benzene rings is 2. The fourth-order valence-corrected chi connectivity index (χ4v) is 4.62. The van der Waals surface area contributed by atoms with Gasteiger partial charge in [-0.3, -0.25) is 14.4 Å². The van der Waals surface area contributed by atoms with Gasteiger partial charge in [0.1, 0.15) is 12.4 Å². The number of anilines is 1. The van der Waals surface area contributed by atoms with Crippen LogP contribution in [0.4, 0.5) is 5.69 Å². The van der Waals surface area contributed by atoms with Crippen LogP contribution in [-0.2, 0) is 11.8 Å². The van der Waals surface area contributed by atoms with Crippen molar-refractivity contribution in [2.45, 2.75) is 18.9 Å². The summed E-state index contributed by atoms with van der Waals surface area (Å²) in [6.07, 6.45) is 2.89. The van der Waals surface area contributed by atoms with Crippen LogP contribution in [0.2, 0.25) is 5.02 Å². The molecule has 1 atom stereocenters. The monoisotopic (exact) mass is 532 g/mol. The van der Waals surface area contributed by atoms with Crippen LogP contribution in [0, 0.1) is 0 Å². The first kappa shape index (κ1) is 23.8. The number of carbonyl (C=O) groups excluding carboxylic acids is 1. The first-order valence-corrected chi connectivity index (χ1v) is 12.0. The molecule has 0 saturated carbocycles. The Morgan fingerprint density at radius 3 is 2.64 bits per heavy atom. The highest BCUT2D eigenvalue weighted by Crippen LogP contribution is 2.37. The topological polar surface area (TPSA) is 79.6 Å². The Morgan fingerprint density at radius 1 is 1.24 bits per heavy atom. The van der Waals surface area contributed by atoms with E-state index in [0.717, 1.165) is 35.4 Å². The molecule has 0 aliphatic carbocycles. The van der Waals surface area contributed by atoms with Crippen molar-refractivity contribution < 1.29 is 14.6 Å². The van der Waals surface area contributed by atoms with E-state index in [4.69, 9.17) is 16.3 Å². The molecule has 2 heterocycles. The maximum Gasteiger partial charge on any atom is 0.257 e. The van der Waals surface area contributed by atoms with Crippen molar-refractivity contribution >= 4 is 39.1 Å². The lowest BCUT2D eigenvalue weighted by Gasteiger charge is -2.18. The Kier molecular flexibility index (Phi) is 7.70. The molecule has 0 spiro atoms. The van der Waals surface area contributed by atoms with Gasteiger partial charge in [-0.2, -0.15) is 5.10 Å². The fourth-order valence-electron chi connectivity index (χ4n) is 3.93. The molecular formula is C24H26BrClN4O3. The standard InChI is InChI=1S/C24H26BrClN4O3/c1-29-22(20(25)15-27-29)19-14-18(8-9-21(19)33-13-12-30-10-2-3-11-30)28-24(32)23(31)16-4-6-17(26)7-5-16/h4-9,14-15,23,31H,2-3,10-13H2,1H3,(H,28,32). The molecule has 0 bridgehead atoms. The van der Waals surface area contributed by atoms with Crippen LogP contribution in [-0.4, -0.2) is 51.9 Å². The average Bonchev–Trinajstić information content (AvgIpc) is 3.44. The second-order valence-corrected chi connectivity index (χ2v) is 9.31. The van der Waals surface area contributed by atoms with Crippen molar-refractivity contribution in [3.63, 3.8) is 0 Å². The third-order valence-corrected chi connectivity index (χ3v) is 6.53. The fraction of sp³-hybridized carbons (Fsp3) is 0.333. The van der Waals surface area contributed by atoms with Crippen molar-refractivity contribution in [3.05, 3.63) is 63.7 Å². The Labute approximate surface area is 206 Å². The van der Waals surface area contributed by atoms with Crippen LogP contribution in [0.3, 0.4) is 0 Å². The molecule has 1 aromatic heterocycles. The molecule has 33 heavy (non-hydrogen) atoms. The van der Waals surface area contributed by atoms with E-state index in [1.54, 1.807) is 41.2 Å². The lowest BCUT2D eigenvalue weighted by atomic mass is 10.1. The van der Waals surface area contributed by atoms with E-state index in [2.05, 4.69) is 31.2 Å². The number of hydrogen-bond donors (Lipinski definition) is 2. The van der Waals surface area contributed by atoms with Gasteiger partial charge in [-0.1, -0.05) is 23.7 Å². The Morgan fingerprint density at radius 2 is 1.97 bits per heavy atom. The molecule has 2 N–H and O–H groups in total. The predicted molar refractivity (Wildman–Crippen MR) is 133 cm³/mol. The third-order valence-electron chi connectivity index (χ3n) is 5.69. The van der Waals surface area contributed by atoms with Crippen molar-refractivity contribution in [3.8, 4) is 17.0 Å². The second-order valence-electron chi connectivity index (χ2n) is 8.02. The summed E-state index contributed by atoms with van der Waals surface area (Å²) in [5.41, 5.74) is 2.64. The van der Waals surface area contributed by atoms with Gasteiger partial charge in [-0.05, 0) is 77.8 Å². The van der Waals surface area contributed by atoms with Crippen molar-refractivity contribution in [1.82, 2.24) is 14.7 Å². The number of carbonyl (C=O) groups is 1. The van der Waals surface area contributed by atoms with Gasteiger partial charge in [0.15, 0.2) is 6.10 Å². The number of nitrogens with zero attached hydrogens (tertiary/aromatic N) is 3. The molecule has 0 radical (unpaired) electrons.